The normalized spacial score (nSPS) is 13.5. The van der Waals surface area contributed by atoms with Crippen molar-refractivity contribution in [3.8, 4) is 0 Å². The Bertz CT molecular complexity index is 1080. The average molecular weight is 402 g/mol. The molecule has 2 N–H and O–H groups in total. The zero-order chi connectivity index (χ0) is 19.9. The van der Waals surface area contributed by atoms with Gasteiger partial charge in [0.15, 0.2) is 0 Å². The minimum absolute atomic E-state index is 0.374. The first kappa shape index (κ1) is 18.4. The highest BCUT2D eigenvalue weighted by Crippen LogP contribution is 2.44. The number of carbonyl (C=O) groups excluding carboxylic acids is 1. The fourth-order valence-corrected chi connectivity index (χ4v) is 4.23. The van der Waals surface area contributed by atoms with Gasteiger partial charge in [0, 0.05) is 9.79 Å². The Labute approximate surface area is 161 Å². The summed E-state index contributed by atoms with van der Waals surface area (Å²) in [6, 6.07) is 16.2. The molecule has 8 heteroatoms. The molecule has 0 spiro atoms. The van der Waals surface area contributed by atoms with Crippen LogP contribution in [0.1, 0.15) is 33.2 Å². The number of aromatic nitrogens is 1. The van der Waals surface area contributed by atoms with Gasteiger partial charge in [-0.2, -0.15) is 13.2 Å². The lowest BCUT2D eigenvalue weighted by molar-refractivity contribution is -0.141. The van der Waals surface area contributed by atoms with Gasteiger partial charge in [0.25, 0.3) is 11.5 Å². The molecule has 1 aliphatic rings. The van der Waals surface area contributed by atoms with Gasteiger partial charge in [0.05, 0.1) is 6.04 Å². The third-order valence-electron chi connectivity index (χ3n) is 4.41. The molecule has 2 heterocycles. The maximum absolute atomic E-state index is 12.7. The lowest BCUT2D eigenvalue weighted by atomic mass is 9.97. The van der Waals surface area contributed by atoms with E-state index >= 15 is 0 Å². The number of amides is 1. The van der Waals surface area contributed by atoms with E-state index in [9.17, 15) is 22.8 Å². The maximum atomic E-state index is 12.7. The van der Waals surface area contributed by atoms with E-state index in [4.69, 9.17) is 0 Å². The van der Waals surface area contributed by atoms with Crippen LogP contribution in [-0.2, 0) is 6.18 Å². The molecule has 0 bridgehead atoms. The van der Waals surface area contributed by atoms with Gasteiger partial charge in [-0.1, -0.05) is 48.2 Å². The van der Waals surface area contributed by atoms with Gasteiger partial charge >= 0.3 is 6.18 Å². The van der Waals surface area contributed by atoms with Crippen LogP contribution in [0.4, 0.5) is 13.2 Å². The highest BCUT2D eigenvalue weighted by atomic mass is 32.2. The molecule has 4 nitrogen and oxygen atoms in total. The van der Waals surface area contributed by atoms with E-state index in [2.05, 4.69) is 5.32 Å². The number of H-pyrrole nitrogens is 1. The zero-order valence-corrected chi connectivity index (χ0v) is 15.0. The smallest absolute Gasteiger partial charge is 0.341 e. The van der Waals surface area contributed by atoms with Gasteiger partial charge < -0.3 is 10.3 Å². The van der Waals surface area contributed by atoms with Crippen molar-refractivity contribution >= 4 is 17.7 Å². The maximum Gasteiger partial charge on any atom is 0.431 e. The van der Waals surface area contributed by atoms with Crippen LogP contribution < -0.4 is 10.9 Å². The van der Waals surface area contributed by atoms with E-state index in [0.29, 0.717) is 6.07 Å². The molecule has 1 amide bonds. The monoisotopic (exact) mass is 402 g/mol. The van der Waals surface area contributed by atoms with Crippen molar-refractivity contribution in [2.24, 2.45) is 0 Å². The number of nitrogens with one attached hydrogen (secondary N) is 2. The molecule has 4 rings (SSSR count). The highest BCUT2D eigenvalue weighted by molar-refractivity contribution is 7.99. The van der Waals surface area contributed by atoms with Gasteiger partial charge in [-0.3, -0.25) is 9.59 Å². The summed E-state index contributed by atoms with van der Waals surface area (Å²) in [6.07, 6.45) is -4.69. The second-order valence-electron chi connectivity index (χ2n) is 6.20. The summed E-state index contributed by atoms with van der Waals surface area (Å²) in [5.41, 5.74) is -0.926. The summed E-state index contributed by atoms with van der Waals surface area (Å²) in [4.78, 5) is 28.4. The van der Waals surface area contributed by atoms with Crippen LogP contribution in [-0.4, -0.2) is 10.9 Å². The van der Waals surface area contributed by atoms with Crippen LogP contribution in [0.2, 0.25) is 0 Å². The fraction of sp³-hybridized carbons (Fsp3) is 0.100. The summed E-state index contributed by atoms with van der Waals surface area (Å²) in [6.45, 7) is 0. The Balaban J connectivity index is 1.70. The Kier molecular flexibility index (Phi) is 4.50. The van der Waals surface area contributed by atoms with Crippen molar-refractivity contribution in [1.29, 1.82) is 0 Å². The number of pyridine rings is 1. The fourth-order valence-electron chi connectivity index (χ4n) is 3.09. The largest absolute Gasteiger partial charge is 0.431 e. The number of hydrogen-bond donors (Lipinski definition) is 2. The molecule has 0 aliphatic carbocycles. The SMILES string of the molecule is O=C(NC1c2ccccc2Sc2ccccc21)c1ccc(C(F)(F)F)[nH]c1=O. The average Bonchev–Trinajstić information content (AvgIpc) is 2.67. The van der Waals surface area contributed by atoms with Gasteiger partial charge in [0.1, 0.15) is 11.3 Å². The first-order valence-electron chi connectivity index (χ1n) is 8.31. The van der Waals surface area contributed by atoms with Crippen molar-refractivity contribution in [1.82, 2.24) is 10.3 Å². The summed E-state index contributed by atoms with van der Waals surface area (Å²) < 4.78 is 38.2. The molecule has 1 aliphatic heterocycles. The second kappa shape index (κ2) is 6.87. The van der Waals surface area contributed by atoms with E-state index in [1.807, 2.05) is 48.5 Å². The van der Waals surface area contributed by atoms with Crippen molar-refractivity contribution in [2.45, 2.75) is 22.0 Å². The number of rotatable bonds is 2. The number of fused-ring (bicyclic) bond motifs is 2. The summed E-state index contributed by atoms with van der Waals surface area (Å²) in [5, 5.41) is 2.79. The first-order valence-corrected chi connectivity index (χ1v) is 9.13. The number of benzene rings is 2. The Hall–Kier alpha value is -3.00. The molecule has 28 heavy (non-hydrogen) atoms. The van der Waals surface area contributed by atoms with Gasteiger partial charge in [-0.15, -0.1) is 0 Å². The molecule has 2 aromatic carbocycles. The van der Waals surface area contributed by atoms with E-state index in [-0.39, 0.29) is 5.56 Å². The number of aromatic amines is 1. The molecular formula is C20H13F3N2O2S. The van der Waals surface area contributed by atoms with Crippen LogP contribution in [0.15, 0.2) is 75.2 Å². The second-order valence-corrected chi connectivity index (χ2v) is 7.28. The minimum Gasteiger partial charge on any atom is -0.341 e. The molecule has 0 radical (unpaired) electrons. The topological polar surface area (TPSA) is 62.0 Å². The number of carbonyl (C=O) groups is 1. The summed E-state index contributed by atoms with van der Waals surface area (Å²) in [5.74, 6) is -0.739. The molecule has 0 unspecified atom stereocenters. The molecule has 3 aromatic rings. The van der Waals surface area contributed by atoms with Gasteiger partial charge in [0.2, 0.25) is 0 Å². The van der Waals surface area contributed by atoms with Gasteiger partial charge in [-0.05, 0) is 35.4 Å². The number of alkyl halides is 3. The van der Waals surface area contributed by atoms with E-state index < -0.39 is 29.4 Å². The molecule has 0 fully saturated rings. The molecular weight excluding hydrogens is 389 g/mol. The van der Waals surface area contributed by atoms with Crippen LogP contribution in [0.25, 0.3) is 0 Å². The predicted octanol–water partition coefficient (Wildman–Crippen LogP) is 4.38. The quantitative estimate of drug-likeness (QED) is 0.669. The zero-order valence-electron chi connectivity index (χ0n) is 14.2. The van der Waals surface area contributed by atoms with E-state index in [1.54, 1.807) is 16.7 Å². The Morgan fingerprint density at radius 3 is 2.04 bits per heavy atom. The highest BCUT2D eigenvalue weighted by Gasteiger charge is 2.33. The third kappa shape index (κ3) is 3.31. The molecule has 1 aromatic heterocycles. The molecule has 0 atom stereocenters. The van der Waals surface area contributed by atoms with Crippen molar-refractivity contribution in [3.05, 3.63) is 93.4 Å². The minimum atomic E-state index is -4.69. The van der Waals surface area contributed by atoms with Crippen LogP contribution >= 0.6 is 11.8 Å². The Morgan fingerprint density at radius 1 is 0.929 bits per heavy atom. The standard InChI is InChI=1S/C20H13F3N2O2S/c21-20(22,23)16-10-9-13(18(26)24-16)19(27)25-17-11-5-1-3-7-14(11)28-15-8-4-2-6-12(15)17/h1-10,17H,(H,24,26)(H,25,27). The molecule has 0 saturated carbocycles. The third-order valence-corrected chi connectivity index (χ3v) is 5.60. The number of hydrogen-bond acceptors (Lipinski definition) is 3. The number of halogens is 3. The van der Waals surface area contributed by atoms with E-state index in [1.165, 1.54) is 0 Å². The lowest BCUT2D eigenvalue weighted by Crippen LogP contribution is -2.35. The molecule has 142 valence electrons. The molecule has 0 saturated heterocycles. The van der Waals surface area contributed by atoms with Crippen LogP contribution in [0, 0.1) is 0 Å². The summed E-state index contributed by atoms with van der Waals surface area (Å²) >= 11 is 1.57. The first-order chi connectivity index (χ1) is 13.3. The van der Waals surface area contributed by atoms with Crippen molar-refractivity contribution < 1.29 is 18.0 Å². The van der Waals surface area contributed by atoms with Crippen molar-refractivity contribution in [2.75, 3.05) is 0 Å². The van der Waals surface area contributed by atoms with Gasteiger partial charge in [-0.25, -0.2) is 0 Å². The predicted molar refractivity (Wildman–Crippen MR) is 98.4 cm³/mol. The van der Waals surface area contributed by atoms with Crippen LogP contribution in [0.3, 0.4) is 0 Å². The van der Waals surface area contributed by atoms with Crippen LogP contribution in [0.5, 0.6) is 0 Å². The lowest BCUT2D eigenvalue weighted by Gasteiger charge is -2.28. The Morgan fingerprint density at radius 2 is 1.50 bits per heavy atom. The van der Waals surface area contributed by atoms with E-state index in [0.717, 1.165) is 27.0 Å². The van der Waals surface area contributed by atoms with Crippen molar-refractivity contribution in [3.63, 3.8) is 0 Å². The summed E-state index contributed by atoms with van der Waals surface area (Å²) in [7, 11) is 0.